The lowest BCUT2D eigenvalue weighted by atomic mass is 9.90. The summed E-state index contributed by atoms with van der Waals surface area (Å²) in [6.45, 7) is 3.86. The number of hydrogen-bond acceptors (Lipinski definition) is 7. The number of hydrogen-bond donors (Lipinski definition) is 0. The summed E-state index contributed by atoms with van der Waals surface area (Å²) in [7, 11) is 1.68. The molecule has 0 fully saturated rings. The molecule has 1 unspecified atom stereocenters. The number of anilines is 1. The molecular weight excluding hydrogens is 446 g/mol. The Labute approximate surface area is 205 Å². The number of carbonyl (C=O) groups excluding carboxylic acids is 1. The van der Waals surface area contributed by atoms with Crippen LogP contribution < -0.4 is 19.3 Å². The Hall–Kier alpha value is -3.71. The van der Waals surface area contributed by atoms with Crippen molar-refractivity contribution in [2.24, 2.45) is 0 Å². The normalized spacial score (nSPS) is 15.5. The Morgan fingerprint density at radius 3 is 2.66 bits per heavy atom. The van der Waals surface area contributed by atoms with E-state index in [2.05, 4.69) is 24.3 Å². The van der Waals surface area contributed by atoms with Crippen LogP contribution in [0.2, 0.25) is 0 Å². The fourth-order valence-corrected chi connectivity index (χ4v) is 4.60. The van der Waals surface area contributed by atoms with E-state index >= 15 is 0 Å². The summed E-state index contributed by atoms with van der Waals surface area (Å²) in [4.78, 5) is 17.3. The zero-order chi connectivity index (χ0) is 24.2. The first-order chi connectivity index (χ1) is 17.2. The van der Waals surface area contributed by atoms with E-state index in [1.165, 1.54) is 11.1 Å². The Morgan fingerprint density at radius 2 is 1.86 bits per heavy atom. The average Bonchev–Trinajstić information content (AvgIpc) is 3.52. The lowest BCUT2D eigenvalue weighted by Gasteiger charge is -2.26. The van der Waals surface area contributed by atoms with Crippen LogP contribution in [0, 0.1) is 0 Å². The molecule has 2 heterocycles. The van der Waals surface area contributed by atoms with Gasteiger partial charge in [-0.3, -0.25) is 4.84 Å². The SMILES string of the molecule is CCOC(=O)COc1ccc(CN(OC)c2ccccc2C2COc3cc4c(cc32)CCO4)cc1. The van der Waals surface area contributed by atoms with Crippen LogP contribution >= 0.6 is 0 Å². The molecule has 0 radical (unpaired) electrons. The molecule has 0 saturated heterocycles. The Balaban J connectivity index is 1.33. The van der Waals surface area contributed by atoms with E-state index in [1.54, 1.807) is 14.0 Å². The Morgan fingerprint density at radius 1 is 1.03 bits per heavy atom. The number of fused-ring (bicyclic) bond motifs is 2. The van der Waals surface area contributed by atoms with E-state index in [-0.39, 0.29) is 18.5 Å². The Bertz CT molecular complexity index is 1190. The van der Waals surface area contributed by atoms with Crippen LogP contribution in [0.1, 0.15) is 35.1 Å². The van der Waals surface area contributed by atoms with Crippen LogP contribution in [-0.2, 0) is 27.3 Å². The number of rotatable bonds is 9. The van der Waals surface area contributed by atoms with Gasteiger partial charge in [0, 0.05) is 24.0 Å². The molecule has 0 N–H and O–H groups in total. The number of benzene rings is 3. The molecule has 0 spiro atoms. The second kappa shape index (κ2) is 10.3. The molecule has 0 bridgehead atoms. The third-order valence-corrected chi connectivity index (χ3v) is 6.32. The number of ether oxygens (including phenoxy) is 4. The van der Waals surface area contributed by atoms with Crippen LogP contribution in [0.15, 0.2) is 60.7 Å². The van der Waals surface area contributed by atoms with Crippen LogP contribution in [0.4, 0.5) is 5.69 Å². The largest absolute Gasteiger partial charge is 0.493 e. The molecule has 0 aliphatic carbocycles. The smallest absolute Gasteiger partial charge is 0.344 e. The van der Waals surface area contributed by atoms with Crippen LogP contribution in [0.25, 0.3) is 0 Å². The van der Waals surface area contributed by atoms with Gasteiger partial charge in [0.2, 0.25) is 0 Å². The minimum atomic E-state index is -0.381. The summed E-state index contributed by atoms with van der Waals surface area (Å²) in [6, 6.07) is 20.2. The van der Waals surface area contributed by atoms with Crippen molar-refractivity contribution in [3.05, 3.63) is 82.9 Å². The van der Waals surface area contributed by atoms with E-state index < -0.39 is 0 Å². The number of hydroxylamine groups is 1. The molecule has 3 aromatic carbocycles. The third-order valence-electron chi connectivity index (χ3n) is 6.32. The maximum absolute atomic E-state index is 11.5. The molecule has 0 saturated carbocycles. The number of nitrogens with zero attached hydrogens (tertiary/aromatic N) is 1. The predicted molar refractivity (Wildman–Crippen MR) is 131 cm³/mol. The zero-order valence-corrected chi connectivity index (χ0v) is 20.0. The van der Waals surface area contributed by atoms with Gasteiger partial charge >= 0.3 is 5.97 Å². The van der Waals surface area contributed by atoms with Gasteiger partial charge in [0.1, 0.15) is 17.2 Å². The highest BCUT2D eigenvalue weighted by Crippen LogP contribution is 2.45. The van der Waals surface area contributed by atoms with Crippen LogP contribution in [0.3, 0.4) is 0 Å². The molecule has 182 valence electrons. The lowest BCUT2D eigenvalue weighted by molar-refractivity contribution is -0.145. The van der Waals surface area contributed by atoms with E-state index in [1.807, 2.05) is 41.5 Å². The number of esters is 1. The van der Waals surface area contributed by atoms with Gasteiger partial charge in [0.25, 0.3) is 0 Å². The average molecular weight is 476 g/mol. The van der Waals surface area contributed by atoms with Gasteiger partial charge in [-0.25, -0.2) is 9.86 Å². The molecule has 1 atom stereocenters. The standard InChI is InChI=1S/C28H29NO6/c1-3-32-28(30)18-34-21-10-8-19(9-11-21)16-29(31-2)25-7-5-4-6-22(25)24-17-35-27-15-26-20(12-13-33-26)14-23(24)27/h4-11,14-15,24H,3,12-13,16-18H2,1-2H3. The van der Waals surface area contributed by atoms with Crippen molar-refractivity contribution in [1.82, 2.24) is 0 Å². The molecule has 35 heavy (non-hydrogen) atoms. The van der Waals surface area contributed by atoms with Crippen molar-refractivity contribution in [1.29, 1.82) is 0 Å². The molecular formula is C28H29NO6. The van der Waals surface area contributed by atoms with E-state index in [0.717, 1.165) is 41.3 Å². The van der Waals surface area contributed by atoms with Gasteiger partial charge in [-0.05, 0) is 47.9 Å². The quantitative estimate of drug-likeness (QED) is 0.330. The summed E-state index contributed by atoms with van der Waals surface area (Å²) in [5.74, 6) is 2.18. The molecule has 2 aliphatic heterocycles. The van der Waals surface area contributed by atoms with E-state index in [9.17, 15) is 4.79 Å². The van der Waals surface area contributed by atoms with Gasteiger partial charge in [-0.1, -0.05) is 30.3 Å². The highest BCUT2D eigenvalue weighted by atomic mass is 16.7. The summed E-state index contributed by atoms with van der Waals surface area (Å²) in [5.41, 5.74) is 5.63. The number of carbonyl (C=O) groups is 1. The van der Waals surface area contributed by atoms with Crippen LogP contribution in [-0.4, -0.2) is 39.5 Å². The van der Waals surface area contributed by atoms with Gasteiger partial charge in [0.15, 0.2) is 6.61 Å². The second-order valence-corrected chi connectivity index (χ2v) is 8.48. The van der Waals surface area contributed by atoms with Crippen molar-refractivity contribution < 1.29 is 28.6 Å². The fourth-order valence-electron chi connectivity index (χ4n) is 4.60. The van der Waals surface area contributed by atoms with Gasteiger partial charge in [0.05, 0.1) is 39.2 Å². The molecule has 7 heteroatoms. The van der Waals surface area contributed by atoms with Crippen molar-refractivity contribution in [3.63, 3.8) is 0 Å². The molecule has 7 nitrogen and oxygen atoms in total. The first-order valence-corrected chi connectivity index (χ1v) is 11.9. The number of para-hydroxylation sites is 1. The third kappa shape index (κ3) is 4.91. The first-order valence-electron chi connectivity index (χ1n) is 11.9. The van der Waals surface area contributed by atoms with Crippen molar-refractivity contribution in [2.45, 2.75) is 25.8 Å². The molecule has 2 aliphatic rings. The van der Waals surface area contributed by atoms with Gasteiger partial charge < -0.3 is 18.9 Å². The maximum Gasteiger partial charge on any atom is 0.344 e. The summed E-state index contributed by atoms with van der Waals surface area (Å²) in [6.07, 6.45) is 0.931. The monoisotopic (exact) mass is 475 g/mol. The lowest BCUT2D eigenvalue weighted by Crippen LogP contribution is -2.23. The van der Waals surface area contributed by atoms with Crippen LogP contribution in [0.5, 0.6) is 17.2 Å². The Kier molecular flexibility index (Phi) is 6.77. The summed E-state index contributed by atoms with van der Waals surface area (Å²) >= 11 is 0. The first kappa shape index (κ1) is 23.1. The van der Waals surface area contributed by atoms with E-state index in [4.69, 9.17) is 23.8 Å². The van der Waals surface area contributed by atoms with Crippen molar-refractivity contribution >= 4 is 11.7 Å². The molecule has 0 aromatic heterocycles. The van der Waals surface area contributed by atoms with Crippen molar-refractivity contribution in [3.8, 4) is 17.2 Å². The molecule has 3 aromatic rings. The molecule has 0 amide bonds. The van der Waals surface area contributed by atoms with E-state index in [0.29, 0.717) is 25.5 Å². The second-order valence-electron chi connectivity index (χ2n) is 8.48. The summed E-state index contributed by atoms with van der Waals surface area (Å²) < 4.78 is 22.2. The predicted octanol–water partition coefficient (Wildman–Crippen LogP) is 4.66. The topological polar surface area (TPSA) is 66.5 Å². The van der Waals surface area contributed by atoms with Gasteiger partial charge in [-0.15, -0.1) is 0 Å². The minimum Gasteiger partial charge on any atom is -0.493 e. The molecule has 5 rings (SSSR count). The maximum atomic E-state index is 11.5. The fraction of sp³-hybridized carbons (Fsp3) is 0.321. The highest BCUT2D eigenvalue weighted by molar-refractivity contribution is 5.71. The zero-order valence-electron chi connectivity index (χ0n) is 20.0. The van der Waals surface area contributed by atoms with Crippen molar-refractivity contribution in [2.75, 3.05) is 38.6 Å². The minimum absolute atomic E-state index is 0.106. The highest BCUT2D eigenvalue weighted by Gasteiger charge is 2.31. The van der Waals surface area contributed by atoms with Gasteiger partial charge in [-0.2, -0.15) is 0 Å². The summed E-state index contributed by atoms with van der Waals surface area (Å²) in [5, 5.41) is 1.89.